The fourth-order valence-electron chi connectivity index (χ4n) is 4.30. The van der Waals surface area contributed by atoms with E-state index in [-0.39, 0.29) is 31.2 Å². The van der Waals surface area contributed by atoms with Crippen LogP contribution in [0.2, 0.25) is 0 Å². The lowest BCUT2D eigenvalue weighted by Crippen LogP contribution is -2.47. The number of methoxy groups -OCH3 is 1. The van der Waals surface area contributed by atoms with Crippen molar-refractivity contribution in [2.24, 2.45) is 0 Å². The van der Waals surface area contributed by atoms with E-state index in [2.05, 4.69) is 9.71 Å². The highest BCUT2D eigenvalue weighted by Gasteiger charge is 2.32. The molecule has 2 aliphatic heterocycles. The van der Waals surface area contributed by atoms with Crippen LogP contribution in [-0.2, 0) is 26.0 Å². The number of nitrogens with one attached hydrogen (secondary N) is 1. The van der Waals surface area contributed by atoms with E-state index in [1.54, 1.807) is 16.7 Å². The number of halogens is 2. The third-order valence-corrected chi connectivity index (χ3v) is 6.84. The summed E-state index contributed by atoms with van der Waals surface area (Å²) in [4.78, 5) is 18.0. The third-order valence-electron chi connectivity index (χ3n) is 5.88. The molecule has 0 aliphatic carbocycles. The normalized spacial score (nSPS) is 19.1. The number of carbonyl (C=O) groups excluding carboxylic acids is 1. The number of anilines is 1. The number of benzene rings is 2. The van der Waals surface area contributed by atoms with Gasteiger partial charge in [0.25, 0.3) is 10.0 Å². The number of rotatable bonds is 3. The van der Waals surface area contributed by atoms with Gasteiger partial charge in [0.15, 0.2) is 11.6 Å². The van der Waals surface area contributed by atoms with Gasteiger partial charge >= 0.3 is 6.09 Å². The smallest absolute Gasteiger partial charge is 0.409 e. The van der Waals surface area contributed by atoms with Gasteiger partial charge in [0, 0.05) is 12.6 Å². The van der Waals surface area contributed by atoms with Crippen molar-refractivity contribution < 1.29 is 36.2 Å². The summed E-state index contributed by atoms with van der Waals surface area (Å²) in [5, 5.41) is 0. The van der Waals surface area contributed by atoms with Crippen LogP contribution >= 0.6 is 0 Å². The molecule has 3 aromatic rings. The quantitative estimate of drug-likeness (QED) is 0.579. The summed E-state index contributed by atoms with van der Waals surface area (Å²) in [5.74, 6) is -3.30. The van der Waals surface area contributed by atoms with Crippen LogP contribution < -0.4 is 9.46 Å². The lowest BCUT2D eigenvalue weighted by Gasteiger charge is -2.32. The zero-order valence-corrected chi connectivity index (χ0v) is 19.7. The Balaban J connectivity index is 1.61. The summed E-state index contributed by atoms with van der Waals surface area (Å²) >= 11 is 0. The molecule has 2 aliphatic rings. The molecule has 5 rings (SSSR count). The molecule has 1 N–H and O–H groups in total. The minimum absolute atomic E-state index is 0.0146. The van der Waals surface area contributed by atoms with Gasteiger partial charge in [-0.3, -0.25) is 4.72 Å². The van der Waals surface area contributed by atoms with Crippen molar-refractivity contribution in [2.75, 3.05) is 37.5 Å². The maximum atomic E-state index is 15.6. The van der Waals surface area contributed by atoms with E-state index < -0.39 is 51.1 Å². The van der Waals surface area contributed by atoms with E-state index in [1.165, 1.54) is 12.0 Å². The Morgan fingerprint density at radius 2 is 2.11 bits per heavy atom. The molecule has 35 heavy (non-hydrogen) atoms. The monoisotopic (exact) mass is 508 g/mol. The van der Waals surface area contributed by atoms with E-state index in [4.69, 9.17) is 14.2 Å². The standard InChI is InChI=1S/C22H22F2N4O6S/c1-12-3-4-17-15(7-12)25-21(28(17)10-13-9-27(5-6-33-13)22(29)32-2)18-14(23)8-16-20(19(18)24)34-11-35(30,31)26-16/h3-4,7-8,13,26H,5-6,9-11H2,1-2H3/t13-/m1/s1. The Morgan fingerprint density at radius 1 is 1.31 bits per heavy atom. The molecule has 0 spiro atoms. The number of imidazole rings is 1. The van der Waals surface area contributed by atoms with Gasteiger partial charge in [-0.05, 0) is 24.6 Å². The van der Waals surface area contributed by atoms with Gasteiger partial charge in [-0.2, -0.15) is 0 Å². The van der Waals surface area contributed by atoms with Gasteiger partial charge in [0.05, 0.1) is 55.2 Å². The highest BCUT2D eigenvalue weighted by Crippen LogP contribution is 2.40. The molecule has 1 fully saturated rings. The van der Waals surface area contributed by atoms with Crippen molar-refractivity contribution in [1.82, 2.24) is 14.5 Å². The molecule has 186 valence electrons. The number of amides is 1. The van der Waals surface area contributed by atoms with E-state index in [0.717, 1.165) is 11.6 Å². The number of ether oxygens (including phenoxy) is 3. The minimum Gasteiger partial charge on any atom is -0.470 e. The second-order valence-corrected chi connectivity index (χ2v) is 10.0. The van der Waals surface area contributed by atoms with Crippen molar-refractivity contribution in [1.29, 1.82) is 0 Å². The molecule has 1 saturated heterocycles. The van der Waals surface area contributed by atoms with Crippen molar-refractivity contribution in [3.8, 4) is 17.1 Å². The molecule has 1 aromatic heterocycles. The molecule has 2 aromatic carbocycles. The molecule has 3 heterocycles. The average Bonchev–Trinajstić information content (AvgIpc) is 3.14. The molecular formula is C22H22F2N4O6S. The van der Waals surface area contributed by atoms with Crippen molar-refractivity contribution in [2.45, 2.75) is 19.6 Å². The van der Waals surface area contributed by atoms with Crippen LogP contribution in [0.15, 0.2) is 24.3 Å². The van der Waals surface area contributed by atoms with Gasteiger partial charge in [0.1, 0.15) is 11.6 Å². The van der Waals surface area contributed by atoms with Gasteiger partial charge < -0.3 is 23.7 Å². The van der Waals surface area contributed by atoms with Gasteiger partial charge in [-0.15, -0.1) is 0 Å². The number of sulfonamides is 1. The van der Waals surface area contributed by atoms with Crippen LogP contribution in [0.1, 0.15) is 5.56 Å². The second-order valence-electron chi connectivity index (χ2n) is 8.35. The summed E-state index contributed by atoms with van der Waals surface area (Å²) in [6.45, 7) is 2.87. The fraction of sp³-hybridized carbons (Fsp3) is 0.364. The van der Waals surface area contributed by atoms with Crippen LogP contribution in [0.25, 0.3) is 22.4 Å². The first-order chi connectivity index (χ1) is 16.7. The van der Waals surface area contributed by atoms with Crippen molar-refractivity contribution >= 4 is 32.8 Å². The number of nitrogens with zero attached hydrogens (tertiary/aromatic N) is 3. The highest BCUT2D eigenvalue weighted by molar-refractivity contribution is 7.92. The number of fused-ring (bicyclic) bond motifs is 2. The van der Waals surface area contributed by atoms with E-state index >= 15 is 8.78 Å². The summed E-state index contributed by atoms with van der Waals surface area (Å²) in [5.41, 5.74) is 1.25. The Kier molecular flexibility index (Phi) is 5.75. The Labute approximate surface area is 199 Å². The minimum atomic E-state index is -3.86. The topological polar surface area (TPSA) is 112 Å². The summed E-state index contributed by atoms with van der Waals surface area (Å²) in [6, 6.07) is 6.30. The molecule has 10 nitrogen and oxygen atoms in total. The van der Waals surface area contributed by atoms with Gasteiger partial charge in [-0.25, -0.2) is 27.0 Å². The van der Waals surface area contributed by atoms with Crippen LogP contribution in [0, 0.1) is 18.6 Å². The average molecular weight is 509 g/mol. The number of morpholine rings is 1. The van der Waals surface area contributed by atoms with E-state index in [1.807, 2.05) is 13.0 Å². The first-order valence-electron chi connectivity index (χ1n) is 10.7. The number of aryl methyl sites for hydroxylation is 1. The molecule has 0 bridgehead atoms. The molecule has 1 atom stereocenters. The van der Waals surface area contributed by atoms with Crippen molar-refractivity contribution in [3.05, 3.63) is 41.5 Å². The maximum absolute atomic E-state index is 15.6. The molecule has 13 heteroatoms. The predicted octanol–water partition coefficient (Wildman–Crippen LogP) is 2.85. The zero-order chi connectivity index (χ0) is 24.9. The molecule has 0 saturated carbocycles. The van der Waals surface area contributed by atoms with Gasteiger partial charge in [0.2, 0.25) is 5.94 Å². The summed E-state index contributed by atoms with van der Waals surface area (Å²) < 4.78 is 73.8. The van der Waals surface area contributed by atoms with E-state index in [9.17, 15) is 13.2 Å². The number of hydrogen-bond donors (Lipinski definition) is 1. The summed E-state index contributed by atoms with van der Waals surface area (Å²) in [6.07, 6.45) is -0.983. The van der Waals surface area contributed by atoms with Crippen LogP contribution in [0.4, 0.5) is 19.3 Å². The third kappa shape index (κ3) is 4.25. The molecular weight excluding hydrogens is 486 g/mol. The van der Waals surface area contributed by atoms with Crippen LogP contribution in [0.3, 0.4) is 0 Å². The van der Waals surface area contributed by atoms with Crippen LogP contribution in [0.5, 0.6) is 5.75 Å². The first-order valence-corrected chi connectivity index (χ1v) is 12.4. The Hall–Kier alpha value is -3.45. The molecule has 0 unspecified atom stereocenters. The number of aromatic nitrogens is 2. The molecule has 0 radical (unpaired) electrons. The van der Waals surface area contributed by atoms with Crippen molar-refractivity contribution in [3.63, 3.8) is 0 Å². The Bertz CT molecular complexity index is 1440. The summed E-state index contributed by atoms with van der Waals surface area (Å²) in [7, 11) is -2.57. The maximum Gasteiger partial charge on any atom is 0.409 e. The predicted molar refractivity (Wildman–Crippen MR) is 122 cm³/mol. The Morgan fingerprint density at radius 3 is 2.89 bits per heavy atom. The first kappa shape index (κ1) is 23.3. The molecule has 1 amide bonds. The lowest BCUT2D eigenvalue weighted by atomic mass is 10.1. The largest absolute Gasteiger partial charge is 0.470 e. The number of carbonyl (C=O) groups is 1. The SMILES string of the molecule is COC(=O)N1CCO[C@@H](Cn2c(-c3c(F)cc4c(c3F)OCS(=O)(=O)N4)nc3cc(C)ccc32)C1. The van der Waals surface area contributed by atoms with E-state index in [0.29, 0.717) is 17.6 Å². The number of hydrogen-bond acceptors (Lipinski definition) is 7. The second kappa shape index (κ2) is 8.64. The lowest BCUT2D eigenvalue weighted by molar-refractivity contribution is -0.0310. The van der Waals surface area contributed by atoms with Crippen LogP contribution in [-0.4, -0.2) is 67.8 Å². The highest BCUT2D eigenvalue weighted by atomic mass is 32.2. The zero-order valence-electron chi connectivity index (χ0n) is 18.9. The van der Waals surface area contributed by atoms with Gasteiger partial charge in [-0.1, -0.05) is 6.07 Å². The fourth-order valence-corrected chi connectivity index (χ4v) is 5.12.